The second-order valence-corrected chi connectivity index (χ2v) is 27.3. The van der Waals surface area contributed by atoms with Gasteiger partial charge in [-0.15, -0.1) is 0 Å². The van der Waals surface area contributed by atoms with Crippen molar-refractivity contribution >= 4 is 78.9 Å². The van der Waals surface area contributed by atoms with Gasteiger partial charge in [0.2, 0.25) is 11.8 Å². The standard InChI is InChI=1S/C65H75ClN11O9S/c1-41-37-75(29-28-74(41)38-43-6-15-53-47(30-43)40-76(64(53)81)57-18-19-60(78)70-63(57)80)49-11-4-42(5-12-49)35-68-56-17-14-52(33-58(56)77(82)83)87(84,85)71-62(79)54-16-13-50(32-59(54)86-51-31-45-21-23-67-61(45)69-36-51)73-26-24-72(25-27-73)39-46-20-22-65(2,3)34-55(46)44-7-9-48(66)10-8-44/h6-10,13-17,21,23,30-33,36,41-42,49,57,68,82H,4-5,11-12,18-20,22,24-29,34-35,37-40H2,1-3H3,(H,67,69)(H,71,79)(H,70,78,80)/q-1/t41-,42?,49?,57?/m0/s1. The molecular weight excluding hydrogens is 1150 g/mol. The molecule has 1 unspecified atom stereocenters. The molecular formula is C65H75ClN11O9S-. The molecule has 0 radical (unpaired) electrons. The summed E-state index contributed by atoms with van der Waals surface area (Å²) in [6.45, 7) is 15.2. The first-order valence-electron chi connectivity index (χ1n) is 30.3. The van der Waals surface area contributed by atoms with Crippen LogP contribution in [0.3, 0.4) is 0 Å². The van der Waals surface area contributed by atoms with E-state index in [-0.39, 0.29) is 57.5 Å². The molecule has 6 aromatic rings. The van der Waals surface area contributed by atoms with E-state index in [0.717, 1.165) is 124 Å². The Bertz CT molecular complexity index is 3750. The monoisotopic (exact) mass is 1220 g/mol. The van der Waals surface area contributed by atoms with Gasteiger partial charge in [0, 0.05) is 124 Å². The summed E-state index contributed by atoms with van der Waals surface area (Å²) in [7, 11) is -4.60. The summed E-state index contributed by atoms with van der Waals surface area (Å²) in [5, 5.41) is 29.8. The summed E-state index contributed by atoms with van der Waals surface area (Å²) in [4.78, 5) is 70.3. The topological polar surface area (TPSA) is 239 Å². The number of sulfonamides is 1. The summed E-state index contributed by atoms with van der Waals surface area (Å²) in [5.74, 6) is -1.10. The molecule has 2 aromatic heterocycles. The number of benzene rings is 4. The van der Waals surface area contributed by atoms with E-state index < -0.39 is 32.8 Å². The highest BCUT2D eigenvalue weighted by atomic mass is 35.5. The number of H-pyrrole nitrogens is 1. The Morgan fingerprint density at radius 2 is 1.69 bits per heavy atom. The number of nitrogens with zero attached hydrogens (tertiary/aromatic N) is 7. The Hall–Kier alpha value is -7.37. The summed E-state index contributed by atoms with van der Waals surface area (Å²) >= 11 is 6.28. The first kappa shape index (κ1) is 59.9. The summed E-state index contributed by atoms with van der Waals surface area (Å²) in [5.41, 5.74) is 8.30. The number of pyridine rings is 1. The number of aromatic nitrogens is 2. The molecule has 87 heavy (non-hydrogen) atoms. The Kier molecular flexibility index (Phi) is 17.2. The molecule has 4 amide bonds. The molecule has 4 fully saturated rings. The van der Waals surface area contributed by atoms with Crippen molar-refractivity contribution in [2.24, 2.45) is 11.3 Å². The van der Waals surface area contributed by atoms with Gasteiger partial charge in [0.05, 0.1) is 28.0 Å². The zero-order valence-corrected chi connectivity index (χ0v) is 51.0. The number of allylic oxidation sites excluding steroid dienone is 1. The Balaban J connectivity index is 0.651. The SMILES string of the molecule is C[C@H]1CN(C2CCC(CNc3ccc(S(=O)(=O)NC(=O)c4ccc(N5CCN(CC6=C(c7ccc(Cl)cc7)CC(C)(C)CC6)CC5)cc4Oc4cnc5[nH]ccc5c4)cc3N([O-])O)CC2)CCN1Cc1ccc2c(c1)CN(C1CCC(=O)NC1=O)C2=O. The molecule has 6 heterocycles. The number of halogens is 1. The zero-order valence-electron chi connectivity index (χ0n) is 49.4. The number of anilines is 3. The molecule has 2 aliphatic carbocycles. The number of ether oxygens (including phenoxy) is 1. The second-order valence-electron chi connectivity index (χ2n) is 25.2. The number of nitrogens with one attached hydrogen (secondary N) is 4. The fourth-order valence-electron chi connectivity index (χ4n) is 13.7. The van der Waals surface area contributed by atoms with Crippen LogP contribution in [0.15, 0.2) is 114 Å². The number of aromatic amines is 1. The predicted molar refractivity (Wildman–Crippen MR) is 334 cm³/mol. The molecule has 4 aliphatic heterocycles. The van der Waals surface area contributed by atoms with Gasteiger partial charge in [0.15, 0.2) is 0 Å². The minimum Gasteiger partial charge on any atom is -0.733 e. The highest BCUT2D eigenvalue weighted by Gasteiger charge is 2.40. The Morgan fingerprint density at radius 1 is 0.897 bits per heavy atom. The van der Waals surface area contributed by atoms with Gasteiger partial charge < -0.3 is 35.3 Å². The molecule has 2 atom stereocenters. The van der Waals surface area contributed by atoms with Crippen LogP contribution in [0.4, 0.5) is 17.1 Å². The number of carbonyl (C=O) groups excluding carboxylic acids is 4. The van der Waals surface area contributed by atoms with Crippen molar-refractivity contribution in [3.05, 3.63) is 147 Å². The first-order chi connectivity index (χ1) is 41.8. The molecule has 3 saturated heterocycles. The van der Waals surface area contributed by atoms with Crippen LogP contribution in [0.2, 0.25) is 5.02 Å². The molecule has 20 nitrogen and oxygen atoms in total. The number of fused-ring (bicyclic) bond motifs is 2. The van der Waals surface area contributed by atoms with E-state index in [4.69, 9.17) is 16.3 Å². The van der Waals surface area contributed by atoms with E-state index >= 15 is 0 Å². The van der Waals surface area contributed by atoms with Crippen LogP contribution >= 0.6 is 11.6 Å². The van der Waals surface area contributed by atoms with Crippen molar-refractivity contribution in [3.63, 3.8) is 0 Å². The average Bonchev–Trinajstić information content (AvgIpc) is 2.61. The largest absolute Gasteiger partial charge is 0.733 e. The normalized spacial score (nSPS) is 22.3. The van der Waals surface area contributed by atoms with Crippen LogP contribution < -0.4 is 30.2 Å². The van der Waals surface area contributed by atoms with Crippen LogP contribution in [0.25, 0.3) is 16.6 Å². The molecule has 0 bridgehead atoms. The number of carbonyl (C=O) groups is 4. The molecule has 6 aliphatic rings. The molecule has 5 N–H and O–H groups in total. The van der Waals surface area contributed by atoms with E-state index in [0.29, 0.717) is 61.6 Å². The van der Waals surface area contributed by atoms with Crippen LogP contribution in [-0.4, -0.2) is 144 Å². The highest BCUT2D eigenvalue weighted by Crippen LogP contribution is 2.44. The van der Waals surface area contributed by atoms with E-state index in [1.54, 1.807) is 35.4 Å². The highest BCUT2D eigenvalue weighted by molar-refractivity contribution is 7.90. The minimum absolute atomic E-state index is 0.0373. The number of imide groups is 1. The average molecular weight is 1220 g/mol. The van der Waals surface area contributed by atoms with E-state index in [2.05, 4.69) is 83.9 Å². The van der Waals surface area contributed by atoms with Gasteiger partial charge in [-0.05, 0) is 153 Å². The lowest BCUT2D eigenvalue weighted by Crippen LogP contribution is -2.55. The third-order valence-electron chi connectivity index (χ3n) is 18.7. The summed E-state index contributed by atoms with van der Waals surface area (Å²) in [6.07, 6.45) is 10.9. The van der Waals surface area contributed by atoms with Crippen molar-refractivity contribution in [1.29, 1.82) is 0 Å². The quantitative estimate of drug-likeness (QED) is 0.0422. The molecule has 4 aromatic carbocycles. The van der Waals surface area contributed by atoms with Gasteiger partial charge in [-0.25, -0.2) is 18.1 Å². The number of piperazine rings is 2. The molecule has 0 spiro atoms. The van der Waals surface area contributed by atoms with Gasteiger partial charge in [-0.3, -0.25) is 44.4 Å². The molecule has 12 rings (SSSR count). The van der Waals surface area contributed by atoms with Gasteiger partial charge in [-0.1, -0.05) is 55.3 Å². The maximum Gasteiger partial charge on any atom is 0.268 e. The van der Waals surface area contributed by atoms with Crippen molar-refractivity contribution < 1.29 is 37.5 Å². The number of hydrogen-bond donors (Lipinski definition) is 5. The third kappa shape index (κ3) is 13.4. The van der Waals surface area contributed by atoms with Crippen LogP contribution in [-0.2, 0) is 32.7 Å². The number of hydrogen-bond acceptors (Lipinski definition) is 16. The first-order valence-corrected chi connectivity index (χ1v) is 32.2. The van der Waals surface area contributed by atoms with Gasteiger partial charge in [0.1, 0.15) is 23.2 Å². The van der Waals surface area contributed by atoms with E-state index in [1.165, 1.54) is 35.0 Å². The number of amides is 4. The van der Waals surface area contributed by atoms with Crippen LogP contribution in [0.1, 0.15) is 116 Å². The lowest BCUT2D eigenvalue weighted by Gasteiger charge is -2.45. The third-order valence-corrected chi connectivity index (χ3v) is 20.3. The molecule has 458 valence electrons. The van der Waals surface area contributed by atoms with Crippen molar-refractivity contribution in [1.82, 2.24) is 39.6 Å². The maximum absolute atomic E-state index is 14.2. The lowest BCUT2D eigenvalue weighted by molar-refractivity contribution is -0.136. The number of rotatable bonds is 17. The summed E-state index contributed by atoms with van der Waals surface area (Å²) in [6, 6.07) is 26.7. The smallest absolute Gasteiger partial charge is 0.268 e. The minimum atomic E-state index is -4.60. The van der Waals surface area contributed by atoms with Crippen LogP contribution in [0, 0.1) is 16.5 Å². The predicted octanol–water partition coefficient (Wildman–Crippen LogP) is 9.54. The lowest BCUT2D eigenvalue weighted by atomic mass is 9.72. The van der Waals surface area contributed by atoms with Gasteiger partial charge in [-0.2, -0.15) is 0 Å². The second kappa shape index (κ2) is 25.0. The molecule has 1 saturated carbocycles. The maximum atomic E-state index is 14.2. The van der Waals surface area contributed by atoms with E-state index in [1.807, 2.05) is 30.3 Å². The summed E-state index contributed by atoms with van der Waals surface area (Å²) < 4.78 is 36.7. The fraction of sp³-hybridized carbons (Fsp3) is 0.431. The Labute approximate surface area is 512 Å². The Morgan fingerprint density at radius 3 is 2.45 bits per heavy atom. The van der Waals surface area contributed by atoms with Gasteiger partial charge in [0.25, 0.3) is 21.8 Å². The fourth-order valence-corrected chi connectivity index (χ4v) is 14.8. The number of piperidine rings is 1. The van der Waals surface area contributed by atoms with Crippen molar-refractivity contribution in [3.8, 4) is 11.5 Å². The zero-order chi connectivity index (χ0) is 60.7. The van der Waals surface area contributed by atoms with Crippen molar-refractivity contribution in [2.45, 2.75) is 115 Å². The van der Waals surface area contributed by atoms with Crippen LogP contribution in [0.5, 0.6) is 11.5 Å². The molecule has 22 heteroatoms. The van der Waals surface area contributed by atoms with E-state index in [9.17, 15) is 38.0 Å². The van der Waals surface area contributed by atoms with Crippen molar-refractivity contribution in [2.75, 3.05) is 74.3 Å². The van der Waals surface area contributed by atoms with Gasteiger partial charge >= 0.3 is 0 Å².